The van der Waals surface area contributed by atoms with Crippen molar-refractivity contribution in [3.8, 4) is 6.07 Å². The van der Waals surface area contributed by atoms with Gasteiger partial charge in [0.05, 0.1) is 17.3 Å². The fourth-order valence-corrected chi connectivity index (χ4v) is 5.61. The Hall–Kier alpha value is -3.02. The number of thiocarbonyl (C=S) groups is 1. The molecule has 0 radical (unpaired) electrons. The van der Waals surface area contributed by atoms with Crippen LogP contribution in [0.2, 0.25) is 0 Å². The molecule has 1 aromatic heterocycles. The first-order valence-electron chi connectivity index (χ1n) is 12.3. The number of likely N-dealkylation sites (tertiary alicyclic amines) is 1. The Balaban J connectivity index is 1.27. The fourth-order valence-electron chi connectivity index (χ4n) is 5.27. The summed E-state index contributed by atoms with van der Waals surface area (Å²) < 4.78 is 5.78. The van der Waals surface area contributed by atoms with E-state index in [0.29, 0.717) is 47.4 Å². The summed E-state index contributed by atoms with van der Waals surface area (Å²) in [6, 6.07) is 15.1. The molecule has 0 aliphatic carbocycles. The van der Waals surface area contributed by atoms with Crippen molar-refractivity contribution in [3.63, 3.8) is 0 Å². The zero-order valence-corrected chi connectivity index (χ0v) is 21.5. The molecule has 184 valence electrons. The van der Waals surface area contributed by atoms with Gasteiger partial charge in [-0.3, -0.25) is 4.79 Å². The zero-order valence-electron chi connectivity index (χ0n) is 20.7. The van der Waals surface area contributed by atoms with E-state index >= 15 is 0 Å². The Morgan fingerprint density at radius 1 is 1.29 bits per heavy atom. The highest BCUT2D eigenvalue weighted by atomic mass is 32.1. The summed E-state index contributed by atoms with van der Waals surface area (Å²) in [6.45, 7) is 9.05. The summed E-state index contributed by atoms with van der Waals surface area (Å²) in [6.07, 6.45) is 2.95. The van der Waals surface area contributed by atoms with Crippen LogP contribution in [0.5, 0.6) is 0 Å². The molecule has 2 fully saturated rings. The van der Waals surface area contributed by atoms with E-state index < -0.39 is 0 Å². The number of aromatic nitrogens is 1. The molecule has 0 spiro atoms. The van der Waals surface area contributed by atoms with Crippen molar-refractivity contribution >= 4 is 23.3 Å². The predicted molar refractivity (Wildman–Crippen MR) is 139 cm³/mol. The highest BCUT2D eigenvalue weighted by Gasteiger charge is 2.38. The maximum absolute atomic E-state index is 12.7. The number of nitrogens with zero attached hydrogens (tertiary/aromatic N) is 4. The van der Waals surface area contributed by atoms with Gasteiger partial charge < -0.3 is 19.9 Å². The Labute approximate surface area is 213 Å². The molecule has 8 heteroatoms. The number of hydrogen-bond donors (Lipinski definition) is 1. The van der Waals surface area contributed by atoms with Crippen LogP contribution in [0.25, 0.3) is 0 Å². The summed E-state index contributed by atoms with van der Waals surface area (Å²) in [7, 11) is 0. The number of carbonyl (C=O) groups excluding carboxylic acids is 1. The lowest BCUT2D eigenvalue weighted by atomic mass is 9.98. The van der Waals surface area contributed by atoms with Crippen molar-refractivity contribution in [2.75, 3.05) is 26.2 Å². The summed E-state index contributed by atoms with van der Waals surface area (Å²) in [4.78, 5) is 21.8. The van der Waals surface area contributed by atoms with Crippen LogP contribution in [0.1, 0.15) is 65.1 Å². The second-order valence-electron chi connectivity index (χ2n) is 9.47. The molecule has 35 heavy (non-hydrogen) atoms. The molecule has 7 nitrogen and oxygen atoms in total. The molecule has 0 saturated carbocycles. The lowest BCUT2D eigenvalue weighted by Crippen LogP contribution is -2.48. The third-order valence-corrected chi connectivity index (χ3v) is 7.53. The Bertz CT molecular complexity index is 1090. The topological polar surface area (TPSA) is 81.5 Å². The van der Waals surface area contributed by atoms with Gasteiger partial charge in [0, 0.05) is 31.7 Å². The number of carbonyl (C=O) groups is 1. The summed E-state index contributed by atoms with van der Waals surface area (Å²) in [5.41, 5.74) is 3.52. The molecule has 4 rings (SSSR count). The molecule has 0 bridgehead atoms. The van der Waals surface area contributed by atoms with Crippen LogP contribution in [0.3, 0.4) is 0 Å². The molecule has 1 N–H and O–H groups in total. The molecular formula is C27H33N5O2S. The van der Waals surface area contributed by atoms with Gasteiger partial charge in [-0.05, 0) is 69.4 Å². The monoisotopic (exact) mass is 491 g/mol. The van der Waals surface area contributed by atoms with Crippen LogP contribution in [-0.2, 0) is 4.74 Å². The van der Waals surface area contributed by atoms with Gasteiger partial charge in [0.2, 0.25) is 0 Å². The van der Waals surface area contributed by atoms with E-state index in [2.05, 4.69) is 51.3 Å². The van der Waals surface area contributed by atoms with Gasteiger partial charge in [-0.2, -0.15) is 5.26 Å². The quantitative estimate of drug-likeness (QED) is 0.588. The minimum Gasteiger partial charge on any atom is -0.468 e. The van der Waals surface area contributed by atoms with Crippen molar-refractivity contribution in [3.05, 3.63) is 64.5 Å². The third-order valence-electron chi connectivity index (χ3n) is 7.20. The summed E-state index contributed by atoms with van der Waals surface area (Å²) in [5.74, 6) is -0.127. The van der Waals surface area contributed by atoms with Crippen LogP contribution in [-0.4, -0.2) is 64.2 Å². The van der Waals surface area contributed by atoms with Crippen LogP contribution in [0, 0.1) is 25.2 Å². The molecule has 2 saturated heterocycles. The van der Waals surface area contributed by atoms with Crippen molar-refractivity contribution < 1.29 is 9.53 Å². The van der Waals surface area contributed by atoms with E-state index in [-0.39, 0.29) is 11.9 Å². The molecule has 2 unspecified atom stereocenters. The molecular weight excluding hydrogens is 458 g/mol. The molecule has 2 aliphatic rings. The van der Waals surface area contributed by atoms with Gasteiger partial charge in [0.15, 0.2) is 0 Å². The summed E-state index contributed by atoms with van der Waals surface area (Å²) >= 11 is 5.56. The molecule has 1 aromatic carbocycles. The zero-order chi connectivity index (χ0) is 24.9. The first-order valence-corrected chi connectivity index (χ1v) is 12.7. The SMILES string of the molecule is Cc1cc(C#N)nc(C)c1C(=O)NCCC(C)N1CCC(N2C(=S)OCC2c2ccccc2)CC1. The minimum atomic E-state index is -0.127. The molecule has 3 heterocycles. The van der Waals surface area contributed by atoms with Gasteiger partial charge in [-0.1, -0.05) is 30.3 Å². The average molecular weight is 492 g/mol. The number of pyridine rings is 1. The van der Waals surface area contributed by atoms with Crippen LogP contribution in [0.4, 0.5) is 0 Å². The normalized spacial score (nSPS) is 19.8. The second-order valence-corrected chi connectivity index (χ2v) is 9.82. The number of aryl methyl sites for hydroxylation is 2. The average Bonchev–Trinajstić information content (AvgIpc) is 3.25. The second kappa shape index (κ2) is 11.1. The van der Waals surface area contributed by atoms with Gasteiger partial charge in [-0.15, -0.1) is 0 Å². The largest absolute Gasteiger partial charge is 0.468 e. The number of amides is 1. The maximum atomic E-state index is 12.7. The highest BCUT2D eigenvalue weighted by molar-refractivity contribution is 7.80. The van der Waals surface area contributed by atoms with E-state index in [1.165, 1.54) is 5.56 Å². The van der Waals surface area contributed by atoms with Crippen molar-refractivity contribution in [1.29, 1.82) is 5.26 Å². The first-order chi connectivity index (χ1) is 16.9. The number of piperidine rings is 1. The van der Waals surface area contributed by atoms with Gasteiger partial charge in [0.25, 0.3) is 11.1 Å². The van der Waals surface area contributed by atoms with Gasteiger partial charge >= 0.3 is 0 Å². The van der Waals surface area contributed by atoms with Crippen LogP contribution < -0.4 is 5.32 Å². The van der Waals surface area contributed by atoms with E-state index in [4.69, 9.17) is 22.2 Å². The van der Waals surface area contributed by atoms with Gasteiger partial charge in [0.1, 0.15) is 18.4 Å². The summed E-state index contributed by atoms with van der Waals surface area (Å²) in [5, 5.41) is 12.7. The van der Waals surface area contributed by atoms with E-state index in [1.807, 2.05) is 19.1 Å². The Morgan fingerprint density at radius 2 is 2.00 bits per heavy atom. The van der Waals surface area contributed by atoms with Crippen molar-refractivity contribution in [2.45, 2.75) is 58.2 Å². The fraction of sp³-hybridized carbons (Fsp3) is 0.481. The molecule has 2 atom stereocenters. The first kappa shape index (κ1) is 25.1. The Kier molecular flexibility index (Phi) is 7.99. The van der Waals surface area contributed by atoms with Crippen LogP contribution in [0.15, 0.2) is 36.4 Å². The lowest BCUT2D eigenvalue weighted by Gasteiger charge is -2.41. The van der Waals surface area contributed by atoms with Crippen LogP contribution >= 0.6 is 12.2 Å². The molecule has 1 amide bonds. The maximum Gasteiger partial charge on any atom is 0.260 e. The molecule has 2 aliphatic heterocycles. The van der Waals surface area contributed by atoms with E-state index in [9.17, 15) is 4.79 Å². The number of benzene rings is 1. The number of nitrogens with one attached hydrogen (secondary N) is 1. The number of nitriles is 1. The van der Waals surface area contributed by atoms with Crippen molar-refractivity contribution in [1.82, 2.24) is 20.1 Å². The van der Waals surface area contributed by atoms with Gasteiger partial charge in [-0.25, -0.2) is 4.98 Å². The Morgan fingerprint density at radius 3 is 2.66 bits per heavy atom. The van der Waals surface area contributed by atoms with E-state index in [0.717, 1.165) is 37.9 Å². The molecule has 2 aromatic rings. The standard InChI is InChI=1S/C27H33N5O2S/c1-18-15-22(16-28)30-20(3)25(18)26(33)29-12-9-19(2)31-13-10-23(11-14-31)32-24(17-34-27(32)35)21-7-5-4-6-8-21/h4-8,15,19,23-24H,9-14,17H2,1-3H3,(H,29,33). The predicted octanol–water partition coefficient (Wildman–Crippen LogP) is 3.90. The third kappa shape index (κ3) is 5.63. The lowest BCUT2D eigenvalue weighted by molar-refractivity contribution is 0.0930. The van der Waals surface area contributed by atoms with Crippen molar-refractivity contribution in [2.24, 2.45) is 0 Å². The minimum absolute atomic E-state index is 0.127. The number of rotatable bonds is 7. The highest BCUT2D eigenvalue weighted by Crippen LogP contribution is 2.33. The number of hydrogen-bond acceptors (Lipinski definition) is 6. The number of ether oxygens (including phenoxy) is 1. The van der Waals surface area contributed by atoms with E-state index in [1.54, 1.807) is 13.0 Å². The smallest absolute Gasteiger partial charge is 0.260 e.